The van der Waals surface area contributed by atoms with Crippen molar-refractivity contribution in [1.29, 1.82) is 0 Å². The zero-order valence-corrected chi connectivity index (χ0v) is 12.6. The van der Waals surface area contributed by atoms with Crippen LogP contribution in [0, 0.1) is 5.95 Å². The molecule has 1 N–H and O–H groups in total. The highest BCUT2D eigenvalue weighted by Gasteiger charge is 2.48. The van der Waals surface area contributed by atoms with Crippen molar-refractivity contribution in [3.63, 3.8) is 0 Å². The van der Waals surface area contributed by atoms with Crippen LogP contribution in [0.15, 0.2) is 24.7 Å². The number of aromatic amines is 1. The maximum absolute atomic E-state index is 13.6. The Kier molecular flexibility index (Phi) is 2.78. The first-order valence-electron chi connectivity index (χ1n) is 7.16. The lowest BCUT2D eigenvalue weighted by atomic mass is 9.81. The Morgan fingerprint density at radius 1 is 1.52 bits per heavy atom. The maximum Gasteiger partial charge on any atom is 0.313 e. The van der Waals surface area contributed by atoms with Gasteiger partial charge < -0.3 is 4.74 Å². The summed E-state index contributed by atoms with van der Waals surface area (Å²) in [5, 5.41) is 10.7. The summed E-state index contributed by atoms with van der Waals surface area (Å²) in [5.41, 5.74) is 2.19. The van der Waals surface area contributed by atoms with Crippen molar-refractivity contribution in [1.82, 2.24) is 24.8 Å². The second-order valence-electron chi connectivity index (χ2n) is 5.90. The molecule has 0 aliphatic heterocycles. The van der Waals surface area contributed by atoms with Gasteiger partial charge in [0.05, 0.1) is 24.9 Å². The minimum absolute atomic E-state index is 0.341. The third-order valence-corrected chi connectivity index (χ3v) is 4.61. The van der Waals surface area contributed by atoms with Gasteiger partial charge in [-0.15, -0.1) is 5.10 Å². The quantitative estimate of drug-likeness (QED) is 0.725. The molecule has 7 nitrogen and oxygen atoms in total. The Morgan fingerprint density at radius 2 is 2.35 bits per heavy atom. The van der Waals surface area contributed by atoms with Gasteiger partial charge in [0, 0.05) is 35.0 Å². The van der Waals surface area contributed by atoms with E-state index in [0.717, 1.165) is 11.3 Å². The van der Waals surface area contributed by atoms with E-state index in [1.807, 2.05) is 6.92 Å². The average molecular weight is 315 g/mol. The van der Waals surface area contributed by atoms with Gasteiger partial charge in [-0.1, -0.05) is 0 Å². The van der Waals surface area contributed by atoms with Gasteiger partial charge in [0.2, 0.25) is 5.95 Å². The standard InChI is InChI=1S/C15H14FN5O2/c1-15(8-5-18-19-6-8)4-9(14(22)23-2)10-7-17-12-3-11(16)20-21(12)13(10)15/h3,5-7,9H,4H2,1-2H3,(H,18,19)/t9?,15-/m1/s1. The lowest BCUT2D eigenvalue weighted by molar-refractivity contribution is -0.142. The van der Waals surface area contributed by atoms with Crippen molar-refractivity contribution in [2.45, 2.75) is 24.7 Å². The van der Waals surface area contributed by atoms with Crippen LogP contribution in [0.25, 0.3) is 5.65 Å². The number of hydrogen-bond acceptors (Lipinski definition) is 5. The Labute approximate surface area is 130 Å². The van der Waals surface area contributed by atoms with Crippen LogP contribution in [0.3, 0.4) is 0 Å². The molecule has 1 aliphatic rings. The Bertz CT molecular complexity index is 904. The fraction of sp³-hybridized carbons (Fsp3) is 0.333. The largest absolute Gasteiger partial charge is 0.469 e. The van der Waals surface area contributed by atoms with Crippen LogP contribution in [0.4, 0.5) is 4.39 Å². The molecule has 0 bridgehead atoms. The molecular weight excluding hydrogens is 301 g/mol. The molecule has 23 heavy (non-hydrogen) atoms. The van der Waals surface area contributed by atoms with Crippen molar-refractivity contribution in [2.24, 2.45) is 0 Å². The number of ether oxygens (including phenoxy) is 1. The number of carbonyl (C=O) groups excluding carboxylic acids is 1. The second-order valence-corrected chi connectivity index (χ2v) is 5.90. The third-order valence-electron chi connectivity index (χ3n) is 4.61. The molecule has 3 heterocycles. The number of H-pyrrole nitrogens is 1. The van der Waals surface area contributed by atoms with E-state index in [1.54, 1.807) is 18.6 Å². The van der Waals surface area contributed by atoms with Gasteiger partial charge in [0.1, 0.15) is 0 Å². The summed E-state index contributed by atoms with van der Waals surface area (Å²) in [7, 11) is 1.36. The molecule has 118 valence electrons. The second kappa shape index (κ2) is 4.61. The predicted octanol–water partition coefficient (Wildman–Crippen LogP) is 1.56. The molecule has 4 rings (SSSR count). The highest BCUT2D eigenvalue weighted by molar-refractivity contribution is 5.80. The van der Waals surface area contributed by atoms with E-state index < -0.39 is 17.3 Å². The number of methoxy groups -OCH3 is 1. The molecule has 0 fully saturated rings. The molecule has 8 heteroatoms. The number of esters is 1. The van der Waals surface area contributed by atoms with E-state index in [-0.39, 0.29) is 5.97 Å². The molecule has 0 saturated heterocycles. The van der Waals surface area contributed by atoms with E-state index in [2.05, 4.69) is 20.3 Å². The smallest absolute Gasteiger partial charge is 0.313 e. The van der Waals surface area contributed by atoms with E-state index >= 15 is 0 Å². The van der Waals surface area contributed by atoms with Crippen LogP contribution < -0.4 is 0 Å². The van der Waals surface area contributed by atoms with E-state index in [4.69, 9.17) is 4.74 Å². The van der Waals surface area contributed by atoms with Crippen molar-refractivity contribution < 1.29 is 13.9 Å². The molecule has 3 aromatic rings. The number of aromatic nitrogens is 5. The van der Waals surface area contributed by atoms with Crippen molar-refractivity contribution in [3.05, 3.63) is 47.4 Å². The summed E-state index contributed by atoms with van der Waals surface area (Å²) in [6.45, 7) is 1.98. The molecule has 0 aromatic carbocycles. The normalized spacial score (nSPS) is 23.2. The number of nitrogens with zero attached hydrogens (tertiary/aromatic N) is 4. The molecule has 0 amide bonds. The fourth-order valence-corrected chi connectivity index (χ4v) is 3.50. The monoisotopic (exact) mass is 315 g/mol. The summed E-state index contributed by atoms with van der Waals surface area (Å²) in [5.74, 6) is -1.42. The van der Waals surface area contributed by atoms with Crippen LogP contribution in [-0.2, 0) is 14.9 Å². The predicted molar refractivity (Wildman–Crippen MR) is 77.4 cm³/mol. The van der Waals surface area contributed by atoms with Gasteiger partial charge in [-0.05, 0) is 13.3 Å². The molecule has 0 saturated carbocycles. The SMILES string of the molecule is COC(=O)C1C[C@](C)(c2cn[nH]c2)c2c1cnc1cc(F)nn21. The van der Waals surface area contributed by atoms with Crippen LogP contribution in [0.1, 0.15) is 36.1 Å². The van der Waals surface area contributed by atoms with Crippen LogP contribution in [0.5, 0.6) is 0 Å². The highest BCUT2D eigenvalue weighted by atomic mass is 19.1. The average Bonchev–Trinajstić information content (AvgIpc) is 3.23. The third kappa shape index (κ3) is 1.81. The number of carbonyl (C=O) groups is 1. The van der Waals surface area contributed by atoms with E-state index in [1.165, 1.54) is 17.7 Å². The highest BCUT2D eigenvalue weighted by Crippen LogP contribution is 2.49. The first-order chi connectivity index (χ1) is 11.0. The van der Waals surface area contributed by atoms with E-state index in [9.17, 15) is 9.18 Å². The van der Waals surface area contributed by atoms with Gasteiger partial charge in [-0.25, -0.2) is 9.50 Å². The number of fused-ring (bicyclic) bond motifs is 3. The van der Waals surface area contributed by atoms with Gasteiger partial charge in [0.15, 0.2) is 5.65 Å². The molecule has 1 unspecified atom stereocenters. The zero-order valence-electron chi connectivity index (χ0n) is 12.6. The van der Waals surface area contributed by atoms with Crippen molar-refractivity contribution >= 4 is 11.6 Å². The molecule has 0 spiro atoms. The summed E-state index contributed by atoms with van der Waals surface area (Å²) in [6.07, 6.45) is 5.57. The van der Waals surface area contributed by atoms with Crippen molar-refractivity contribution in [2.75, 3.05) is 7.11 Å². The lowest BCUT2D eigenvalue weighted by Gasteiger charge is -2.24. The zero-order chi connectivity index (χ0) is 16.2. The Hall–Kier alpha value is -2.77. The minimum atomic E-state index is -0.609. The summed E-state index contributed by atoms with van der Waals surface area (Å²) in [6, 6.07) is 1.27. The van der Waals surface area contributed by atoms with E-state index in [0.29, 0.717) is 17.6 Å². The molecule has 3 aromatic heterocycles. The number of nitrogens with one attached hydrogen (secondary N) is 1. The van der Waals surface area contributed by atoms with Crippen LogP contribution in [-0.4, -0.2) is 37.9 Å². The van der Waals surface area contributed by atoms with Crippen LogP contribution in [0.2, 0.25) is 0 Å². The number of rotatable bonds is 2. The summed E-state index contributed by atoms with van der Waals surface area (Å²) in [4.78, 5) is 16.4. The topological polar surface area (TPSA) is 85.2 Å². The summed E-state index contributed by atoms with van der Waals surface area (Å²) >= 11 is 0. The molecule has 2 atom stereocenters. The van der Waals surface area contributed by atoms with Gasteiger partial charge in [-0.2, -0.15) is 9.49 Å². The minimum Gasteiger partial charge on any atom is -0.469 e. The Morgan fingerprint density at radius 3 is 3.04 bits per heavy atom. The summed E-state index contributed by atoms with van der Waals surface area (Å²) < 4.78 is 20.0. The number of halogens is 1. The van der Waals surface area contributed by atoms with Gasteiger partial charge in [-0.3, -0.25) is 9.89 Å². The molecule has 0 radical (unpaired) electrons. The Balaban J connectivity index is 2.03. The van der Waals surface area contributed by atoms with Gasteiger partial charge in [0.25, 0.3) is 0 Å². The van der Waals surface area contributed by atoms with Crippen molar-refractivity contribution in [3.8, 4) is 0 Å². The number of hydrogen-bond donors (Lipinski definition) is 1. The fourth-order valence-electron chi connectivity index (χ4n) is 3.50. The molecular formula is C15H14FN5O2. The lowest BCUT2D eigenvalue weighted by Crippen LogP contribution is -2.24. The first kappa shape index (κ1) is 13.9. The molecule has 1 aliphatic carbocycles. The first-order valence-corrected chi connectivity index (χ1v) is 7.16. The van der Waals surface area contributed by atoms with Crippen LogP contribution >= 0.6 is 0 Å². The van der Waals surface area contributed by atoms with Gasteiger partial charge >= 0.3 is 5.97 Å². The maximum atomic E-state index is 13.6.